The van der Waals surface area contributed by atoms with E-state index in [4.69, 9.17) is 0 Å². The Morgan fingerprint density at radius 1 is 0.966 bits per heavy atom. The first-order valence-electron chi connectivity index (χ1n) is 10.7. The molecule has 1 heterocycles. The average Bonchev–Trinajstić information content (AvgIpc) is 3.15. The van der Waals surface area contributed by atoms with Crippen molar-refractivity contribution in [3.05, 3.63) is 76.6 Å². The summed E-state index contributed by atoms with van der Waals surface area (Å²) in [5.74, 6) is 2.52. The number of aryl methyl sites for hydroxylation is 3. The van der Waals surface area contributed by atoms with Gasteiger partial charge in [-0.1, -0.05) is 76.2 Å². The zero-order chi connectivity index (χ0) is 22.0. The van der Waals surface area contributed by atoms with Gasteiger partial charge in [0.05, 0.1) is 0 Å². The first kappa shape index (κ1) is 24.9. The van der Waals surface area contributed by atoms with Crippen molar-refractivity contribution in [2.45, 2.75) is 67.7 Å². The maximum absolute atomic E-state index is 11.1. The predicted octanol–water partition coefficient (Wildman–Crippen LogP) is 8.18. The normalized spacial score (nSPS) is 10.2. The summed E-state index contributed by atoms with van der Waals surface area (Å²) < 4.78 is 0. The third-order valence-corrected chi connectivity index (χ3v) is 6.09. The van der Waals surface area contributed by atoms with Gasteiger partial charge < -0.3 is 0 Å². The van der Waals surface area contributed by atoms with Crippen LogP contribution in [0, 0.1) is 6.92 Å². The van der Waals surface area contributed by atoms with Crippen LogP contribution in [0.1, 0.15) is 69.4 Å². The third-order valence-electron chi connectivity index (χ3n) is 4.91. The molecule has 0 bridgehead atoms. The summed E-state index contributed by atoms with van der Waals surface area (Å²) in [7, 11) is 0.830. The number of ketones is 1. The summed E-state index contributed by atoms with van der Waals surface area (Å²) in [5.41, 5.74) is 7.76. The molecule has 1 atom stereocenters. The smallest absolute Gasteiger partial charge is 0.134 e. The molecule has 29 heavy (non-hydrogen) atoms. The minimum atomic E-state index is 0.240. The van der Waals surface area contributed by atoms with E-state index >= 15 is 0 Å². The maximum Gasteiger partial charge on any atom is 0.134 e. The molecule has 0 fully saturated rings. The highest BCUT2D eigenvalue weighted by Crippen LogP contribution is 2.32. The molecule has 0 spiro atoms. The molecule has 156 valence electrons. The zero-order valence-electron chi connectivity index (χ0n) is 19.3. The van der Waals surface area contributed by atoms with Gasteiger partial charge in [0, 0.05) is 6.42 Å². The van der Waals surface area contributed by atoms with Gasteiger partial charge in [-0.3, -0.25) is 4.79 Å². The fraction of sp³-hybridized carbons (Fsp3) is 0.370. The second kappa shape index (κ2) is 12.5. The number of rotatable bonds is 5. The lowest BCUT2D eigenvalue weighted by Crippen LogP contribution is -2.02. The molecule has 2 aromatic carbocycles. The van der Waals surface area contributed by atoms with E-state index in [-0.39, 0.29) is 5.78 Å². The Morgan fingerprint density at radius 2 is 1.55 bits per heavy atom. The molecule has 2 heteroatoms. The Balaban J connectivity index is 0.000000272. The van der Waals surface area contributed by atoms with Crippen LogP contribution in [0.25, 0.3) is 16.1 Å². The minimum absolute atomic E-state index is 0.240. The number of benzene rings is 2. The first-order chi connectivity index (χ1) is 13.9. The van der Waals surface area contributed by atoms with E-state index in [0.29, 0.717) is 6.42 Å². The Labute approximate surface area is 179 Å². The summed E-state index contributed by atoms with van der Waals surface area (Å²) in [6, 6.07) is 13.0. The van der Waals surface area contributed by atoms with E-state index in [2.05, 4.69) is 76.5 Å². The molecule has 3 rings (SSSR count). The van der Waals surface area contributed by atoms with Crippen molar-refractivity contribution >= 4 is 30.1 Å². The van der Waals surface area contributed by atoms with Gasteiger partial charge in [-0.05, 0) is 77.7 Å². The lowest BCUT2D eigenvalue weighted by atomic mass is 9.94. The second-order valence-corrected chi connectivity index (χ2v) is 8.28. The van der Waals surface area contributed by atoms with Crippen molar-refractivity contribution in [3.63, 3.8) is 0 Å². The molecule has 3 aromatic rings. The molecule has 0 saturated heterocycles. The summed E-state index contributed by atoms with van der Waals surface area (Å²) >= 11 is 0. The molecule has 1 unspecified atom stereocenters. The highest BCUT2D eigenvalue weighted by molar-refractivity contribution is 7.36. The van der Waals surface area contributed by atoms with E-state index in [9.17, 15) is 4.79 Å². The zero-order valence-corrected chi connectivity index (χ0v) is 20.3. The summed E-state index contributed by atoms with van der Waals surface area (Å²) in [6.07, 6.45) is 2.70. The number of carbonyl (C=O) groups excluding carboxylic acids is 1. The van der Waals surface area contributed by atoms with Crippen molar-refractivity contribution in [2.75, 3.05) is 0 Å². The highest BCUT2D eigenvalue weighted by atomic mass is 31.0. The molecule has 0 N–H and O–H groups in total. The van der Waals surface area contributed by atoms with Crippen molar-refractivity contribution in [1.29, 1.82) is 0 Å². The predicted molar refractivity (Wildman–Crippen MR) is 134 cm³/mol. The summed E-state index contributed by atoms with van der Waals surface area (Å²) in [6.45, 7) is 18.1. The van der Waals surface area contributed by atoms with E-state index in [1.807, 2.05) is 13.8 Å². The van der Waals surface area contributed by atoms with Gasteiger partial charge in [0.2, 0.25) is 0 Å². The molecule has 0 amide bonds. The van der Waals surface area contributed by atoms with Crippen LogP contribution in [0.15, 0.2) is 48.8 Å². The fourth-order valence-electron chi connectivity index (χ4n) is 3.41. The van der Waals surface area contributed by atoms with Gasteiger partial charge in [0.15, 0.2) is 0 Å². The topological polar surface area (TPSA) is 17.1 Å². The van der Waals surface area contributed by atoms with E-state index in [1.165, 1.54) is 43.9 Å². The molecule has 0 radical (unpaired) electrons. The monoisotopic (exact) mass is 408 g/mol. The Bertz CT molecular complexity index is 946. The van der Waals surface area contributed by atoms with Gasteiger partial charge in [-0.2, -0.15) is 0 Å². The van der Waals surface area contributed by atoms with Gasteiger partial charge in [-0.25, -0.2) is 0 Å². The molecule has 0 aliphatic rings. The van der Waals surface area contributed by atoms with Crippen LogP contribution in [0.4, 0.5) is 0 Å². The molecule has 1 nitrogen and oxygen atoms in total. The molecular weight excluding hydrogens is 371 g/mol. The number of allylic oxidation sites excluding steroid dienone is 1. The average molecular weight is 409 g/mol. The fourth-order valence-corrected chi connectivity index (χ4v) is 4.67. The van der Waals surface area contributed by atoms with Crippen LogP contribution in [0.5, 0.6) is 0 Å². The van der Waals surface area contributed by atoms with Crippen LogP contribution in [-0.2, 0) is 24.1 Å². The van der Waals surface area contributed by atoms with Crippen molar-refractivity contribution in [3.8, 4) is 0 Å². The number of hydrogen-bond acceptors (Lipinski definition) is 1. The molecule has 0 saturated carbocycles. The second-order valence-electron chi connectivity index (χ2n) is 7.16. The third kappa shape index (κ3) is 7.02. The number of fused-ring (bicyclic) bond motifs is 1. The largest absolute Gasteiger partial charge is 0.300 e. The number of Topliss-reactive ketones (excluding diaryl/α,β-unsaturated/α-hetero) is 1. The van der Waals surface area contributed by atoms with Crippen LogP contribution < -0.4 is 0 Å². The van der Waals surface area contributed by atoms with Gasteiger partial charge in [-0.15, -0.1) is 8.19 Å². The Kier molecular flexibility index (Phi) is 10.7. The first-order valence-corrected chi connectivity index (χ1v) is 11.8. The van der Waals surface area contributed by atoms with Crippen LogP contribution in [-0.4, -0.2) is 5.78 Å². The van der Waals surface area contributed by atoms with Crippen LogP contribution in [0.2, 0.25) is 0 Å². The summed E-state index contributed by atoms with van der Waals surface area (Å²) in [4.78, 5) is 11.1. The lowest BCUT2D eigenvalue weighted by molar-refractivity contribution is -0.116. The summed E-state index contributed by atoms with van der Waals surface area (Å²) in [5, 5.41) is 2.83. The van der Waals surface area contributed by atoms with E-state index < -0.39 is 0 Å². The number of hydrogen-bond donors (Lipinski definition) is 0. The van der Waals surface area contributed by atoms with Crippen molar-refractivity contribution in [2.24, 2.45) is 0 Å². The maximum atomic E-state index is 11.1. The standard InChI is InChI=1S/C14H20O.C11H11P.C2H6/c1-5-12-7-10(3)14(8-11(4)15)9-13(12)6-2;1-8(2)10-7-12-11-6-4-3-5-9(10)11;1-2/h7,9H,5-6,8H2,1-4H3;3-7,12H,1H2,2H3;1-2H3. The van der Waals surface area contributed by atoms with Gasteiger partial charge in [0.25, 0.3) is 0 Å². The SMILES string of the molecule is C=C(C)c1c[pH]c2ccccc12.CC.CCc1cc(C)c(CC(C)=O)cc1CC. The lowest BCUT2D eigenvalue weighted by Gasteiger charge is -2.11. The van der Waals surface area contributed by atoms with Gasteiger partial charge in [0.1, 0.15) is 5.78 Å². The van der Waals surface area contributed by atoms with Crippen molar-refractivity contribution in [1.82, 2.24) is 0 Å². The Hall–Kier alpha value is -2.11. The Morgan fingerprint density at radius 3 is 2.10 bits per heavy atom. The number of carbonyl (C=O) groups is 1. The van der Waals surface area contributed by atoms with Crippen molar-refractivity contribution < 1.29 is 4.79 Å². The van der Waals surface area contributed by atoms with E-state index in [1.54, 1.807) is 6.92 Å². The highest BCUT2D eigenvalue weighted by Gasteiger charge is 2.06. The van der Waals surface area contributed by atoms with Crippen LogP contribution in [0.3, 0.4) is 0 Å². The molecule has 1 aromatic heterocycles. The van der Waals surface area contributed by atoms with E-state index in [0.717, 1.165) is 21.0 Å². The quantitative estimate of drug-likeness (QED) is 0.416. The molecular formula is C27H37OP. The molecule has 0 aliphatic carbocycles. The minimum Gasteiger partial charge on any atom is -0.300 e. The molecule has 0 aliphatic heterocycles. The van der Waals surface area contributed by atoms with Crippen LogP contribution >= 0.6 is 8.19 Å². The van der Waals surface area contributed by atoms with Gasteiger partial charge >= 0.3 is 0 Å².